The highest BCUT2D eigenvalue weighted by atomic mass is 32.2. The van der Waals surface area contributed by atoms with Crippen molar-refractivity contribution in [2.24, 2.45) is 0 Å². The summed E-state index contributed by atoms with van der Waals surface area (Å²) in [4.78, 5) is 0.235. The normalized spacial score (nSPS) is 21.2. The maximum atomic E-state index is 13.1. The van der Waals surface area contributed by atoms with Crippen LogP contribution < -0.4 is 4.72 Å². The second-order valence-corrected chi connectivity index (χ2v) is 9.39. The predicted octanol–water partition coefficient (Wildman–Crippen LogP) is 3.91. The third kappa shape index (κ3) is 4.62. The molecule has 0 aliphatic heterocycles. The van der Waals surface area contributed by atoms with Gasteiger partial charge in [0, 0.05) is 18.9 Å². The van der Waals surface area contributed by atoms with E-state index in [1.165, 1.54) is 0 Å². The Kier molecular flexibility index (Phi) is 6.20. The molecule has 0 bridgehead atoms. The van der Waals surface area contributed by atoms with E-state index < -0.39 is 22.1 Å². The Labute approximate surface area is 167 Å². The van der Waals surface area contributed by atoms with Gasteiger partial charge in [0.25, 0.3) is 0 Å². The molecule has 0 amide bonds. The van der Waals surface area contributed by atoms with E-state index in [9.17, 15) is 13.6 Å². The molecule has 1 saturated carbocycles. The van der Waals surface area contributed by atoms with Gasteiger partial charge in [0.05, 0.1) is 10.9 Å². The van der Waals surface area contributed by atoms with Gasteiger partial charge in [-0.3, -0.25) is 0 Å². The topological polar surface area (TPSA) is 72.2 Å². The SMILES string of the molecule is C/C(c1cccc(C)c1)=[N+](/[O-])[C@@H]1CCCC[C@H]1NS(=O)(=O)c1ccc(C)cc1. The quantitative estimate of drug-likeness (QED) is 0.358. The van der Waals surface area contributed by atoms with Crippen molar-refractivity contribution in [2.75, 3.05) is 0 Å². The number of aryl methyl sites for hydroxylation is 2. The molecule has 0 unspecified atom stereocenters. The number of sulfonamides is 1. The third-order valence-corrected chi connectivity index (χ3v) is 6.94. The lowest BCUT2D eigenvalue weighted by molar-refractivity contribution is -0.509. The molecule has 150 valence electrons. The van der Waals surface area contributed by atoms with Crippen LogP contribution in [0.25, 0.3) is 0 Å². The summed E-state index contributed by atoms with van der Waals surface area (Å²) in [6, 6.07) is 13.8. The first kappa shape index (κ1) is 20.6. The van der Waals surface area contributed by atoms with Gasteiger partial charge in [-0.1, -0.05) is 41.8 Å². The molecule has 0 radical (unpaired) electrons. The summed E-state index contributed by atoms with van der Waals surface area (Å²) in [6.07, 6.45) is 3.17. The van der Waals surface area contributed by atoms with Crippen molar-refractivity contribution >= 4 is 15.7 Å². The van der Waals surface area contributed by atoms with Crippen LogP contribution in [0.3, 0.4) is 0 Å². The van der Waals surface area contributed by atoms with Gasteiger partial charge < -0.3 is 5.21 Å². The fourth-order valence-corrected chi connectivity index (χ4v) is 5.06. The van der Waals surface area contributed by atoms with Gasteiger partial charge in [-0.15, -0.1) is 0 Å². The fraction of sp³-hybridized carbons (Fsp3) is 0.409. The molecule has 1 aliphatic rings. The predicted molar refractivity (Wildman–Crippen MR) is 112 cm³/mol. The lowest BCUT2D eigenvalue weighted by Crippen LogP contribution is -2.49. The Hall–Kier alpha value is -2.18. The van der Waals surface area contributed by atoms with Crippen molar-refractivity contribution in [2.45, 2.75) is 63.4 Å². The van der Waals surface area contributed by atoms with Crippen LogP contribution in [-0.4, -0.2) is 31.0 Å². The van der Waals surface area contributed by atoms with Crippen molar-refractivity contribution in [3.8, 4) is 0 Å². The minimum absolute atomic E-state index is 0.235. The molecular weight excluding hydrogens is 372 g/mol. The van der Waals surface area contributed by atoms with Gasteiger partial charge in [0.2, 0.25) is 10.0 Å². The first-order valence-corrected chi connectivity index (χ1v) is 11.2. The van der Waals surface area contributed by atoms with Crippen LogP contribution in [0.4, 0.5) is 0 Å². The summed E-state index contributed by atoms with van der Waals surface area (Å²) in [5.41, 5.74) is 3.59. The summed E-state index contributed by atoms with van der Waals surface area (Å²) < 4.78 is 29.5. The Morgan fingerprint density at radius 1 is 1.04 bits per heavy atom. The van der Waals surface area contributed by atoms with E-state index >= 15 is 0 Å². The number of rotatable bonds is 5. The zero-order valence-electron chi connectivity index (χ0n) is 16.7. The second-order valence-electron chi connectivity index (χ2n) is 7.67. The molecule has 0 aromatic heterocycles. The molecule has 0 heterocycles. The van der Waals surface area contributed by atoms with E-state index in [-0.39, 0.29) is 4.90 Å². The molecule has 2 aromatic rings. The van der Waals surface area contributed by atoms with Gasteiger partial charge in [-0.05, 0) is 51.0 Å². The highest BCUT2D eigenvalue weighted by Crippen LogP contribution is 2.24. The standard InChI is InChI=1S/C22H28N2O3S/c1-16-11-13-20(14-12-16)28(26,27)23-21-9-4-5-10-22(21)24(25)18(3)19-8-6-7-17(2)15-19/h6-8,11-15,21-23H,4-5,9-10H2,1-3H3/b24-18-/t21-,22-/m1/s1. The molecule has 2 atom stereocenters. The Bertz CT molecular complexity index is 966. The third-order valence-electron chi connectivity index (χ3n) is 5.43. The van der Waals surface area contributed by atoms with Gasteiger partial charge in [-0.2, -0.15) is 0 Å². The van der Waals surface area contributed by atoms with E-state index in [2.05, 4.69) is 4.72 Å². The van der Waals surface area contributed by atoms with Crippen LogP contribution in [0.15, 0.2) is 53.4 Å². The molecule has 28 heavy (non-hydrogen) atoms. The summed E-state index contributed by atoms with van der Waals surface area (Å²) in [6.45, 7) is 5.72. The molecule has 1 aliphatic carbocycles. The van der Waals surface area contributed by atoms with Crippen LogP contribution in [-0.2, 0) is 10.0 Å². The lowest BCUT2D eigenvalue weighted by Gasteiger charge is -2.31. The molecule has 0 saturated heterocycles. The lowest BCUT2D eigenvalue weighted by atomic mass is 9.91. The van der Waals surface area contributed by atoms with Crippen molar-refractivity contribution in [1.29, 1.82) is 0 Å². The van der Waals surface area contributed by atoms with E-state index in [4.69, 9.17) is 0 Å². The minimum atomic E-state index is -3.66. The highest BCUT2D eigenvalue weighted by molar-refractivity contribution is 7.89. The molecule has 0 spiro atoms. The average Bonchev–Trinajstić information content (AvgIpc) is 2.67. The van der Waals surface area contributed by atoms with Crippen LogP contribution in [0.2, 0.25) is 0 Å². The fourth-order valence-electron chi connectivity index (χ4n) is 3.76. The monoisotopic (exact) mass is 400 g/mol. The van der Waals surface area contributed by atoms with E-state index in [0.717, 1.165) is 34.3 Å². The van der Waals surface area contributed by atoms with Crippen molar-refractivity contribution in [3.63, 3.8) is 0 Å². The zero-order chi connectivity index (χ0) is 20.3. The smallest absolute Gasteiger partial charge is 0.241 e. The van der Waals surface area contributed by atoms with Crippen LogP contribution in [0, 0.1) is 19.1 Å². The number of nitrogens with zero attached hydrogens (tertiary/aromatic N) is 1. The minimum Gasteiger partial charge on any atom is -0.623 e. The molecule has 2 aromatic carbocycles. The first-order valence-electron chi connectivity index (χ1n) is 9.74. The van der Waals surface area contributed by atoms with E-state index in [1.807, 2.05) is 45.0 Å². The van der Waals surface area contributed by atoms with Gasteiger partial charge >= 0.3 is 0 Å². The summed E-state index contributed by atoms with van der Waals surface area (Å²) in [7, 11) is -3.66. The maximum absolute atomic E-state index is 13.1. The van der Waals surface area contributed by atoms with Gasteiger partial charge in [0.15, 0.2) is 11.8 Å². The Balaban J connectivity index is 1.87. The van der Waals surface area contributed by atoms with Crippen LogP contribution >= 0.6 is 0 Å². The number of hydroxylamine groups is 1. The number of benzene rings is 2. The maximum Gasteiger partial charge on any atom is 0.241 e. The molecule has 6 heteroatoms. The summed E-state index contributed by atoms with van der Waals surface area (Å²) >= 11 is 0. The zero-order valence-corrected chi connectivity index (χ0v) is 17.5. The van der Waals surface area contributed by atoms with Crippen LogP contribution in [0.1, 0.15) is 49.3 Å². The van der Waals surface area contributed by atoms with Crippen molar-refractivity contribution in [1.82, 2.24) is 4.72 Å². The molecule has 3 rings (SSSR count). The highest BCUT2D eigenvalue weighted by Gasteiger charge is 2.35. The number of hydrogen-bond donors (Lipinski definition) is 1. The summed E-state index contributed by atoms with van der Waals surface area (Å²) in [5.74, 6) is 0. The average molecular weight is 401 g/mol. The Morgan fingerprint density at radius 3 is 2.39 bits per heavy atom. The number of nitrogens with one attached hydrogen (secondary N) is 1. The first-order chi connectivity index (χ1) is 13.3. The van der Waals surface area contributed by atoms with E-state index in [0.29, 0.717) is 18.6 Å². The molecule has 1 fully saturated rings. The Morgan fingerprint density at radius 2 is 1.71 bits per heavy atom. The van der Waals surface area contributed by atoms with Crippen LogP contribution in [0.5, 0.6) is 0 Å². The molecular formula is C22H28N2O3S. The molecule has 5 nitrogen and oxygen atoms in total. The number of hydrogen-bond acceptors (Lipinski definition) is 3. The van der Waals surface area contributed by atoms with Crippen molar-refractivity contribution < 1.29 is 13.2 Å². The molecule has 1 N–H and O–H groups in total. The summed E-state index contributed by atoms with van der Waals surface area (Å²) in [5, 5.41) is 13.1. The van der Waals surface area contributed by atoms with Gasteiger partial charge in [0.1, 0.15) is 0 Å². The second kappa shape index (κ2) is 8.45. The van der Waals surface area contributed by atoms with Crippen molar-refractivity contribution in [3.05, 3.63) is 70.4 Å². The largest absolute Gasteiger partial charge is 0.623 e. The van der Waals surface area contributed by atoms with E-state index in [1.54, 1.807) is 24.3 Å². The van der Waals surface area contributed by atoms with Gasteiger partial charge in [-0.25, -0.2) is 17.9 Å².